The fourth-order valence-corrected chi connectivity index (χ4v) is 3.15. The Labute approximate surface area is 118 Å². The summed E-state index contributed by atoms with van der Waals surface area (Å²) >= 11 is 0. The monoisotopic (exact) mass is 260 g/mol. The van der Waals surface area contributed by atoms with E-state index in [0.29, 0.717) is 12.1 Å². The van der Waals surface area contributed by atoms with Crippen molar-refractivity contribution < 1.29 is 0 Å². The lowest BCUT2D eigenvalue weighted by molar-refractivity contribution is 0.352. The Morgan fingerprint density at radius 2 is 1.63 bits per heavy atom. The summed E-state index contributed by atoms with van der Waals surface area (Å²) in [6.07, 6.45) is 5.64. The lowest BCUT2D eigenvalue weighted by atomic mass is 9.98. The first-order valence-electron chi connectivity index (χ1n) is 7.61. The predicted molar refractivity (Wildman–Crippen MR) is 83.7 cm³/mol. The zero-order chi connectivity index (χ0) is 13.8. The van der Waals surface area contributed by atoms with Gasteiger partial charge in [-0.1, -0.05) is 25.0 Å². The SMILES string of the molecule is CC(N[C@H](C)C1CCCC1)c1ccc(N(C)C)cc1. The minimum Gasteiger partial charge on any atom is -0.378 e. The smallest absolute Gasteiger partial charge is 0.0361 e. The van der Waals surface area contributed by atoms with Crippen molar-refractivity contribution in [3.05, 3.63) is 29.8 Å². The highest BCUT2D eigenvalue weighted by molar-refractivity contribution is 5.46. The van der Waals surface area contributed by atoms with E-state index in [1.165, 1.54) is 36.9 Å². The molecule has 0 heterocycles. The highest BCUT2D eigenvalue weighted by Crippen LogP contribution is 2.29. The van der Waals surface area contributed by atoms with E-state index in [0.717, 1.165) is 5.92 Å². The molecule has 0 aromatic heterocycles. The first-order valence-corrected chi connectivity index (χ1v) is 7.61. The van der Waals surface area contributed by atoms with Gasteiger partial charge in [0, 0.05) is 31.9 Å². The lowest BCUT2D eigenvalue weighted by Crippen LogP contribution is -2.34. The van der Waals surface area contributed by atoms with Crippen LogP contribution in [0.4, 0.5) is 5.69 Å². The van der Waals surface area contributed by atoms with Gasteiger partial charge in [-0.25, -0.2) is 0 Å². The fourth-order valence-electron chi connectivity index (χ4n) is 3.15. The van der Waals surface area contributed by atoms with E-state index in [2.05, 4.69) is 62.4 Å². The molecule has 2 heteroatoms. The van der Waals surface area contributed by atoms with Crippen LogP contribution in [0.5, 0.6) is 0 Å². The third-order valence-corrected chi connectivity index (χ3v) is 4.53. The molecular weight excluding hydrogens is 232 g/mol. The molecule has 1 unspecified atom stereocenters. The summed E-state index contributed by atoms with van der Waals surface area (Å²) < 4.78 is 0. The van der Waals surface area contributed by atoms with Crippen LogP contribution in [0.1, 0.15) is 51.1 Å². The Hall–Kier alpha value is -1.02. The van der Waals surface area contributed by atoms with Crippen LogP contribution in [0.3, 0.4) is 0 Å². The Bertz CT molecular complexity index is 377. The zero-order valence-corrected chi connectivity index (χ0v) is 12.8. The number of nitrogens with one attached hydrogen (secondary N) is 1. The molecule has 1 saturated carbocycles. The third kappa shape index (κ3) is 3.73. The molecule has 1 aliphatic carbocycles. The Morgan fingerprint density at radius 1 is 1.05 bits per heavy atom. The molecule has 0 spiro atoms. The van der Waals surface area contributed by atoms with Gasteiger partial charge < -0.3 is 10.2 Å². The van der Waals surface area contributed by atoms with Gasteiger partial charge in [0.25, 0.3) is 0 Å². The summed E-state index contributed by atoms with van der Waals surface area (Å²) in [6.45, 7) is 4.62. The van der Waals surface area contributed by atoms with Crippen molar-refractivity contribution >= 4 is 5.69 Å². The molecule has 2 nitrogen and oxygen atoms in total. The van der Waals surface area contributed by atoms with Gasteiger partial charge in [-0.3, -0.25) is 0 Å². The molecule has 19 heavy (non-hydrogen) atoms. The molecule has 0 saturated heterocycles. The highest BCUT2D eigenvalue weighted by Gasteiger charge is 2.22. The molecule has 0 radical (unpaired) electrons. The van der Waals surface area contributed by atoms with E-state index < -0.39 is 0 Å². The number of hydrogen-bond acceptors (Lipinski definition) is 2. The number of anilines is 1. The molecule has 1 aromatic carbocycles. The summed E-state index contributed by atoms with van der Waals surface area (Å²) in [7, 11) is 4.16. The quantitative estimate of drug-likeness (QED) is 0.861. The third-order valence-electron chi connectivity index (χ3n) is 4.53. The van der Waals surface area contributed by atoms with E-state index in [1.54, 1.807) is 0 Å². The number of hydrogen-bond donors (Lipinski definition) is 1. The van der Waals surface area contributed by atoms with Crippen molar-refractivity contribution in [2.75, 3.05) is 19.0 Å². The Kier molecular flexibility index (Phi) is 4.87. The molecule has 2 atom stereocenters. The van der Waals surface area contributed by atoms with Crippen LogP contribution >= 0.6 is 0 Å². The summed E-state index contributed by atoms with van der Waals surface area (Å²) in [5.74, 6) is 0.878. The molecule has 0 bridgehead atoms. The molecule has 0 aliphatic heterocycles. The number of rotatable bonds is 5. The maximum absolute atomic E-state index is 3.77. The van der Waals surface area contributed by atoms with Crippen molar-refractivity contribution in [2.45, 2.75) is 51.6 Å². The summed E-state index contributed by atoms with van der Waals surface area (Å²) in [5, 5.41) is 3.77. The number of benzene rings is 1. The van der Waals surface area contributed by atoms with Crippen molar-refractivity contribution in [2.24, 2.45) is 5.92 Å². The fraction of sp³-hybridized carbons (Fsp3) is 0.647. The van der Waals surface area contributed by atoms with E-state index in [1.807, 2.05) is 0 Å². The Balaban J connectivity index is 1.93. The highest BCUT2D eigenvalue weighted by atomic mass is 15.1. The average Bonchev–Trinajstić information content (AvgIpc) is 2.92. The molecule has 1 aromatic rings. The van der Waals surface area contributed by atoms with Crippen LogP contribution < -0.4 is 10.2 Å². The molecule has 1 aliphatic rings. The van der Waals surface area contributed by atoms with E-state index >= 15 is 0 Å². The normalized spacial score (nSPS) is 19.4. The molecule has 0 amide bonds. The summed E-state index contributed by atoms with van der Waals surface area (Å²) in [6, 6.07) is 9.96. The minimum atomic E-state index is 0.437. The van der Waals surface area contributed by atoms with Crippen LogP contribution in [0.25, 0.3) is 0 Å². The van der Waals surface area contributed by atoms with E-state index in [4.69, 9.17) is 0 Å². The van der Waals surface area contributed by atoms with Gasteiger partial charge in [-0.2, -0.15) is 0 Å². The maximum atomic E-state index is 3.77. The van der Waals surface area contributed by atoms with Gasteiger partial charge in [0.05, 0.1) is 0 Å². The standard InChI is InChI=1S/C17H28N2/c1-13(15-7-5-6-8-15)18-14(2)16-9-11-17(12-10-16)19(3)4/h9-15,18H,5-8H2,1-4H3/t13-,14?/m1/s1. The minimum absolute atomic E-state index is 0.437. The molecule has 106 valence electrons. The van der Waals surface area contributed by atoms with Crippen molar-refractivity contribution in [1.82, 2.24) is 5.32 Å². The second-order valence-electron chi connectivity index (χ2n) is 6.21. The first-order chi connectivity index (χ1) is 9.08. The van der Waals surface area contributed by atoms with Crippen LogP contribution in [0, 0.1) is 5.92 Å². The molecule has 1 N–H and O–H groups in total. The van der Waals surface area contributed by atoms with E-state index in [9.17, 15) is 0 Å². The van der Waals surface area contributed by atoms with Gasteiger partial charge >= 0.3 is 0 Å². The van der Waals surface area contributed by atoms with Crippen molar-refractivity contribution in [3.63, 3.8) is 0 Å². The number of nitrogens with zero attached hydrogens (tertiary/aromatic N) is 1. The molecular formula is C17H28N2. The van der Waals surface area contributed by atoms with Gasteiger partial charge in [0.2, 0.25) is 0 Å². The first kappa shape index (κ1) is 14.4. The van der Waals surface area contributed by atoms with Crippen LogP contribution in [0.15, 0.2) is 24.3 Å². The van der Waals surface area contributed by atoms with Crippen LogP contribution in [-0.4, -0.2) is 20.1 Å². The van der Waals surface area contributed by atoms with Gasteiger partial charge in [0.1, 0.15) is 0 Å². The summed E-state index contributed by atoms with van der Waals surface area (Å²) in [4.78, 5) is 2.14. The van der Waals surface area contributed by atoms with Crippen molar-refractivity contribution in [1.29, 1.82) is 0 Å². The predicted octanol–water partition coefficient (Wildman–Crippen LogP) is 3.98. The lowest BCUT2D eigenvalue weighted by Gasteiger charge is -2.25. The van der Waals surface area contributed by atoms with Gasteiger partial charge in [0.15, 0.2) is 0 Å². The zero-order valence-electron chi connectivity index (χ0n) is 12.8. The summed E-state index contributed by atoms with van der Waals surface area (Å²) in [5.41, 5.74) is 2.65. The van der Waals surface area contributed by atoms with E-state index in [-0.39, 0.29) is 0 Å². The maximum Gasteiger partial charge on any atom is 0.0361 e. The largest absolute Gasteiger partial charge is 0.378 e. The van der Waals surface area contributed by atoms with Gasteiger partial charge in [-0.05, 0) is 50.3 Å². The second-order valence-corrected chi connectivity index (χ2v) is 6.21. The second kappa shape index (κ2) is 6.42. The van der Waals surface area contributed by atoms with Crippen LogP contribution in [-0.2, 0) is 0 Å². The Morgan fingerprint density at radius 3 is 2.16 bits per heavy atom. The molecule has 1 fully saturated rings. The van der Waals surface area contributed by atoms with Crippen molar-refractivity contribution in [3.8, 4) is 0 Å². The van der Waals surface area contributed by atoms with Crippen LogP contribution in [0.2, 0.25) is 0 Å². The molecule has 2 rings (SSSR count). The topological polar surface area (TPSA) is 15.3 Å². The average molecular weight is 260 g/mol. The van der Waals surface area contributed by atoms with Gasteiger partial charge in [-0.15, -0.1) is 0 Å².